The summed E-state index contributed by atoms with van der Waals surface area (Å²) in [5, 5.41) is 0. The second kappa shape index (κ2) is 11.5. The molecule has 0 aliphatic heterocycles. The van der Waals surface area contributed by atoms with Crippen LogP contribution in [0.25, 0.3) is 11.1 Å². The standard InChI is InChI=1S/C27H32F4O/c1-3-5-7-17-32-23-16-15-22(26(30)27(23)31)21-14-13-20(24(28)25(21)29)19-11-9-18(10-12-19)8-6-4-2/h4,6,13-16,18-19H,3,5,7-12,17H2,1-2H3/b6-4-. The molecular weight excluding hydrogens is 416 g/mol. The Morgan fingerprint density at radius 1 is 0.844 bits per heavy atom. The molecule has 0 saturated heterocycles. The quantitative estimate of drug-likeness (QED) is 0.212. The molecule has 0 N–H and O–H groups in total. The van der Waals surface area contributed by atoms with Crippen LogP contribution < -0.4 is 4.74 Å². The van der Waals surface area contributed by atoms with Crippen LogP contribution in [0.5, 0.6) is 5.75 Å². The van der Waals surface area contributed by atoms with Crippen LogP contribution in [0.1, 0.15) is 76.7 Å². The largest absolute Gasteiger partial charge is 0.490 e. The molecular formula is C27H32F4O. The Morgan fingerprint density at radius 2 is 1.50 bits per heavy atom. The van der Waals surface area contributed by atoms with Gasteiger partial charge in [0.25, 0.3) is 0 Å². The SMILES string of the molecule is C/C=C\CC1CCC(c2ccc(-c3ccc(OCCCCC)c(F)c3F)c(F)c2F)CC1. The predicted molar refractivity (Wildman–Crippen MR) is 121 cm³/mol. The van der Waals surface area contributed by atoms with Gasteiger partial charge in [-0.15, -0.1) is 0 Å². The topological polar surface area (TPSA) is 9.23 Å². The zero-order valence-corrected chi connectivity index (χ0v) is 18.9. The van der Waals surface area contributed by atoms with Crippen LogP contribution in [0.4, 0.5) is 17.6 Å². The van der Waals surface area contributed by atoms with Gasteiger partial charge in [-0.05, 0) is 75.0 Å². The summed E-state index contributed by atoms with van der Waals surface area (Å²) >= 11 is 0. The molecule has 1 fully saturated rings. The summed E-state index contributed by atoms with van der Waals surface area (Å²) in [6, 6.07) is 5.41. The molecule has 1 aliphatic rings. The summed E-state index contributed by atoms with van der Waals surface area (Å²) in [7, 11) is 0. The van der Waals surface area contributed by atoms with Gasteiger partial charge in [-0.2, -0.15) is 4.39 Å². The molecule has 0 aromatic heterocycles. The average Bonchev–Trinajstić information content (AvgIpc) is 2.81. The van der Waals surface area contributed by atoms with Gasteiger partial charge in [0.1, 0.15) is 0 Å². The van der Waals surface area contributed by atoms with Gasteiger partial charge in [0.2, 0.25) is 5.82 Å². The van der Waals surface area contributed by atoms with Crippen molar-refractivity contribution in [2.24, 2.45) is 5.92 Å². The van der Waals surface area contributed by atoms with E-state index in [0.29, 0.717) is 11.5 Å². The van der Waals surface area contributed by atoms with E-state index in [-0.39, 0.29) is 29.4 Å². The summed E-state index contributed by atoms with van der Waals surface area (Å²) in [4.78, 5) is 0. The number of halogens is 4. The first-order valence-corrected chi connectivity index (χ1v) is 11.7. The maximum Gasteiger partial charge on any atom is 0.201 e. The van der Waals surface area contributed by atoms with E-state index in [4.69, 9.17) is 4.74 Å². The van der Waals surface area contributed by atoms with Crippen LogP contribution in [0, 0.1) is 29.2 Å². The van der Waals surface area contributed by atoms with E-state index < -0.39 is 23.3 Å². The highest BCUT2D eigenvalue weighted by molar-refractivity contribution is 5.66. The van der Waals surface area contributed by atoms with Crippen molar-refractivity contribution in [1.82, 2.24) is 0 Å². The molecule has 1 aliphatic carbocycles. The predicted octanol–water partition coefficient (Wildman–Crippen LogP) is 8.72. The first-order chi connectivity index (χ1) is 15.5. The van der Waals surface area contributed by atoms with E-state index in [2.05, 4.69) is 6.08 Å². The molecule has 0 bridgehead atoms. The van der Waals surface area contributed by atoms with Gasteiger partial charge in [0.15, 0.2) is 23.2 Å². The molecule has 0 unspecified atom stereocenters. The lowest BCUT2D eigenvalue weighted by molar-refractivity contribution is 0.286. The summed E-state index contributed by atoms with van der Waals surface area (Å²) in [6.45, 7) is 4.30. The molecule has 0 radical (unpaired) electrons. The zero-order chi connectivity index (χ0) is 23.1. The van der Waals surface area contributed by atoms with Gasteiger partial charge >= 0.3 is 0 Å². The van der Waals surface area contributed by atoms with Gasteiger partial charge in [0, 0.05) is 11.1 Å². The lowest BCUT2D eigenvalue weighted by atomic mass is 9.77. The average molecular weight is 449 g/mol. The van der Waals surface area contributed by atoms with Gasteiger partial charge in [-0.25, -0.2) is 13.2 Å². The fraction of sp³-hybridized carbons (Fsp3) is 0.481. The fourth-order valence-electron chi connectivity index (χ4n) is 4.51. The van der Waals surface area contributed by atoms with Crippen LogP contribution in [-0.4, -0.2) is 6.61 Å². The summed E-state index contributed by atoms with van der Waals surface area (Å²) in [6.07, 6.45) is 11.4. The molecule has 0 heterocycles. The van der Waals surface area contributed by atoms with Crippen LogP contribution in [0.3, 0.4) is 0 Å². The van der Waals surface area contributed by atoms with Crippen molar-refractivity contribution in [1.29, 1.82) is 0 Å². The van der Waals surface area contributed by atoms with E-state index in [1.807, 2.05) is 19.9 Å². The second-order valence-corrected chi connectivity index (χ2v) is 8.65. The van der Waals surface area contributed by atoms with Crippen LogP contribution in [0.15, 0.2) is 36.4 Å². The third-order valence-corrected chi connectivity index (χ3v) is 6.45. The van der Waals surface area contributed by atoms with E-state index in [9.17, 15) is 17.6 Å². The van der Waals surface area contributed by atoms with Crippen molar-refractivity contribution >= 4 is 0 Å². The summed E-state index contributed by atoms with van der Waals surface area (Å²) in [5.41, 5.74) is -0.254. The van der Waals surface area contributed by atoms with Crippen molar-refractivity contribution < 1.29 is 22.3 Å². The van der Waals surface area contributed by atoms with Gasteiger partial charge in [0.05, 0.1) is 6.61 Å². The third kappa shape index (κ3) is 5.54. The third-order valence-electron chi connectivity index (χ3n) is 6.45. The Balaban J connectivity index is 1.77. The van der Waals surface area contributed by atoms with E-state index >= 15 is 0 Å². The van der Waals surface area contributed by atoms with Crippen LogP contribution in [-0.2, 0) is 0 Å². The second-order valence-electron chi connectivity index (χ2n) is 8.65. The molecule has 5 heteroatoms. The minimum absolute atomic E-state index is 0.0547. The Kier molecular flexibility index (Phi) is 8.77. The summed E-state index contributed by atoms with van der Waals surface area (Å²) < 4.78 is 64.4. The molecule has 174 valence electrons. The number of benzene rings is 2. The smallest absolute Gasteiger partial charge is 0.201 e. The number of hydrogen-bond donors (Lipinski definition) is 0. The summed E-state index contributed by atoms with van der Waals surface area (Å²) in [5.74, 6) is -4.19. The van der Waals surface area contributed by atoms with Crippen molar-refractivity contribution in [2.45, 2.75) is 71.1 Å². The first-order valence-electron chi connectivity index (χ1n) is 11.7. The fourth-order valence-corrected chi connectivity index (χ4v) is 4.51. The van der Waals surface area contributed by atoms with Gasteiger partial charge < -0.3 is 4.74 Å². The minimum Gasteiger partial charge on any atom is -0.490 e. The molecule has 0 atom stereocenters. The Morgan fingerprint density at radius 3 is 2.16 bits per heavy atom. The monoisotopic (exact) mass is 448 g/mol. The molecule has 0 spiro atoms. The van der Waals surface area contributed by atoms with Crippen molar-refractivity contribution in [3.8, 4) is 16.9 Å². The molecule has 1 nitrogen and oxygen atoms in total. The Bertz CT molecular complexity index is 930. The van der Waals surface area contributed by atoms with Gasteiger partial charge in [-0.1, -0.05) is 44.1 Å². The molecule has 3 rings (SSSR count). The van der Waals surface area contributed by atoms with Crippen molar-refractivity contribution in [3.63, 3.8) is 0 Å². The zero-order valence-electron chi connectivity index (χ0n) is 18.9. The molecule has 2 aromatic rings. The lowest BCUT2D eigenvalue weighted by Crippen LogP contribution is -2.14. The molecule has 2 aromatic carbocycles. The van der Waals surface area contributed by atoms with E-state index in [1.54, 1.807) is 0 Å². The van der Waals surface area contributed by atoms with Crippen LogP contribution >= 0.6 is 0 Å². The Labute approximate surface area is 188 Å². The van der Waals surface area contributed by atoms with Crippen molar-refractivity contribution in [3.05, 3.63) is 65.2 Å². The highest BCUT2D eigenvalue weighted by Crippen LogP contribution is 2.40. The Hall–Kier alpha value is -2.30. The number of rotatable bonds is 9. The first kappa shape index (κ1) is 24.3. The number of allylic oxidation sites excluding steroid dienone is 2. The normalized spacial score (nSPS) is 18.9. The van der Waals surface area contributed by atoms with E-state index in [0.717, 1.165) is 51.4 Å². The number of hydrogen-bond acceptors (Lipinski definition) is 1. The van der Waals surface area contributed by atoms with E-state index in [1.165, 1.54) is 24.3 Å². The van der Waals surface area contributed by atoms with Crippen molar-refractivity contribution in [2.75, 3.05) is 6.61 Å². The molecule has 32 heavy (non-hydrogen) atoms. The minimum atomic E-state index is -1.23. The number of ether oxygens (including phenoxy) is 1. The highest BCUT2D eigenvalue weighted by Gasteiger charge is 2.27. The molecule has 0 amide bonds. The maximum atomic E-state index is 15.0. The lowest BCUT2D eigenvalue weighted by Gasteiger charge is -2.28. The number of unbranched alkanes of at least 4 members (excludes halogenated alkanes) is 2. The highest BCUT2D eigenvalue weighted by atomic mass is 19.2. The molecule has 1 saturated carbocycles. The van der Waals surface area contributed by atoms with Crippen LogP contribution in [0.2, 0.25) is 0 Å². The maximum absolute atomic E-state index is 15.0. The van der Waals surface area contributed by atoms with Gasteiger partial charge in [-0.3, -0.25) is 0 Å².